The standard InChI is InChI=1S/C18H20N2O2S/c1-12-5-7-13(8-6-12)22-10-16(21)20-17-14(9-19)15(11-23-17)18(2,3)4/h5-8,11H,10H2,1-4H3,(H,20,21). The second-order valence-electron chi connectivity index (χ2n) is 6.37. The van der Waals surface area contributed by atoms with E-state index in [0.29, 0.717) is 16.3 Å². The summed E-state index contributed by atoms with van der Waals surface area (Å²) >= 11 is 1.37. The minimum atomic E-state index is -0.274. The molecule has 0 unspecified atom stereocenters. The molecule has 2 rings (SSSR count). The van der Waals surface area contributed by atoms with Crippen LogP contribution in [-0.4, -0.2) is 12.5 Å². The SMILES string of the molecule is Cc1ccc(OCC(=O)Nc2scc(C(C)(C)C)c2C#N)cc1. The molecule has 1 heterocycles. The van der Waals surface area contributed by atoms with Gasteiger partial charge >= 0.3 is 0 Å². The Labute approximate surface area is 140 Å². The van der Waals surface area contributed by atoms with Gasteiger partial charge in [0, 0.05) is 0 Å². The Balaban J connectivity index is 2.02. The lowest BCUT2D eigenvalue weighted by Crippen LogP contribution is -2.20. The third-order valence-electron chi connectivity index (χ3n) is 3.35. The van der Waals surface area contributed by atoms with Crippen molar-refractivity contribution < 1.29 is 9.53 Å². The smallest absolute Gasteiger partial charge is 0.262 e. The largest absolute Gasteiger partial charge is 0.484 e. The molecule has 1 amide bonds. The zero-order valence-electron chi connectivity index (χ0n) is 13.8. The number of anilines is 1. The van der Waals surface area contributed by atoms with Gasteiger partial charge in [-0.2, -0.15) is 5.26 Å². The molecule has 0 radical (unpaired) electrons. The van der Waals surface area contributed by atoms with Gasteiger partial charge in [0.1, 0.15) is 16.8 Å². The summed E-state index contributed by atoms with van der Waals surface area (Å²) in [7, 11) is 0. The number of hydrogen-bond acceptors (Lipinski definition) is 4. The van der Waals surface area contributed by atoms with Crippen molar-refractivity contribution >= 4 is 22.2 Å². The first-order valence-electron chi connectivity index (χ1n) is 7.32. The van der Waals surface area contributed by atoms with Crippen LogP contribution < -0.4 is 10.1 Å². The minimum Gasteiger partial charge on any atom is -0.484 e. The molecule has 2 aromatic rings. The number of hydrogen-bond donors (Lipinski definition) is 1. The quantitative estimate of drug-likeness (QED) is 0.913. The Bertz CT molecular complexity index is 734. The molecule has 4 nitrogen and oxygen atoms in total. The molecule has 0 saturated heterocycles. The average Bonchev–Trinajstić information content (AvgIpc) is 2.89. The number of ether oxygens (including phenoxy) is 1. The van der Waals surface area contributed by atoms with Crippen LogP contribution in [0.2, 0.25) is 0 Å². The Morgan fingerprint density at radius 2 is 1.96 bits per heavy atom. The van der Waals surface area contributed by atoms with Gasteiger partial charge in [0.05, 0.1) is 5.56 Å². The molecule has 1 N–H and O–H groups in total. The van der Waals surface area contributed by atoms with Crippen LogP contribution in [0.3, 0.4) is 0 Å². The van der Waals surface area contributed by atoms with Crippen molar-refractivity contribution in [3.05, 3.63) is 46.3 Å². The van der Waals surface area contributed by atoms with Crippen LogP contribution in [0.4, 0.5) is 5.00 Å². The molecule has 0 saturated carbocycles. The fourth-order valence-electron chi connectivity index (χ4n) is 2.06. The molecule has 1 aromatic carbocycles. The summed E-state index contributed by atoms with van der Waals surface area (Å²) in [6.45, 7) is 8.03. The summed E-state index contributed by atoms with van der Waals surface area (Å²) in [5, 5.41) is 14.6. The topological polar surface area (TPSA) is 62.1 Å². The zero-order chi connectivity index (χ0) is 17.0. The van der Waals surface area contributed by atoms with Gasteiger partial charge in [-0.1, -0.05) is 38.5 Å². The highest BCUT2D eigenvalue weighted by molar-refractivity contribution is 7.14. The van der Waals surface area contributed by atoms with Gasteiger partial charge in [-0.15, -0.1) is 11.3 Å². The number of rotatable bonds is 4. The lowest BCUT2D eigenvalue weighted by atomic mass is 9.86. The van der Waals surface area contributed by atoms with E-state index < -0.39 is 0 Å². The van der Waals surface area contributed by atoms with E-state index >= 15 is 0 Å². The number of nitriles is 1. The van der Waals surface area contributed by atoms with E-state index in [4.69, 9.17) is 4.74 Å². The van der Waals surface area contributed by atoms with Crippen molar-refractivity contribution in [3.63, 3.8) is 0 Å². The number of aryl methyl sites for hydroxylation is 1. The predicted octanol–water partition coefficient (Wildman–Crippen LogP) is 4.24. The highest BCUT2D eigenvalue weighted by atomic mass is 32.1. The van der Waals surface area contributed by atoms with Gasteiger partial charge in [-0.05, 0) is 35.4 Å². The van der Waals surface area contributed by atoms with E-state index in [9.17, 15) is 10.1 Å². The highest BCUT2D eigenvalue weighted by Crippen LogP contribution is 2.35. The molecule has 5 heteroatoms. The molecule has 0 fully saturated rings. The maximum atomic E-state index is 12.0. The van der Waals surface area contributed by atoms with Crippen LogP contribution in [0.25, 0.3) is 0 Å². The van der Waals surface area contributed by atoms with E-state index in [-0.39, 0.29) is 17.9 Å². The van der Waals surface area contributed by atoms with Gasteiger partial charge in [0.2, 0.25) is 0 Å². The van der Waals surface area contributed by atoms with Crippen molar-refractivity contribution in [3.8, 4) is 11.8 Å². The average molecular weight is 328 g/mol. The van der Waals surface area contributed by atoms with Crippen LogP contribution in [0.15, 0.2) is 29.6 Å². The maximum absolute atomic E-state index is 12.0. The summed E-state index contributed by atoms with van der Waals surface area (Å²) < 4.78 is 5.45. The summed E-state index contributed by atoms with van der Waals surface area (Å²) in [6.07, 6.45) is 0. The normalized spacial score (nSPS) is 10.9. The Kier molecular flexibility index (Phi) is 5.07. The van der Waals surface area contributed by atoms with E-state index in [1.807, 2.05) is 57.3 Å². The van der Waals surface area contributed by atoms with Crippen molar-refractivity contribution in [2.24, 2.45) is 0 Å². The maximum Gasteiger partial charge on any atom is 0.262 e. The summed E-state index contributed by atoms with van der Waals surface area (Å²) in [5.41, 5.74) is 2.47. The molecular weight excluding hydrogens is 308 g/mol. The van der Waals surface area contributed by atoms with Gasteiger partial charge < -0.3 is 10.1 Å². The first kappa shape index (κ1) is 17.0. The van der Waals surface area contributed by atoms with Gasteiger partial charge in [-0.3, -0.25) is 4.79 Å². The first-order valence-corrected chi connectivity index (χ1v) is 8.20. The molecule has 0 aliphatic rings. The lowest BCUT2D eigenvalue weighted by molar-refractivity contribution is -0.118. The second-order valence-corrected chi connectivity index (χ2v) is 7.24. The van der Waals surface area contributed by atoms with Crippen molar-refractivity contribution in [1.29, 1.82) is 5.26 Å². The number of nitrogens with one attached hydrogen (secondary N) is 1. The van der Waals surface area contributed by atoms with Gasteiger partial charge in [0.15, 0.2) is 6.61 Å². The number of nitrogens with zero attached hydrogens (tertiary/aromatic N) is 1. The molecule has 0 spiro atoms. The summed E-state index contributed by atoms with van der Waals surface area (Å²) in [6, 6.07) is 9.70. The number of carbonyl (C=O) groups excluding carboxylic acids is 1. The Morgan fingerprint density at radius 3 is 2.52 bits per heavy atom. The van der Waals surface area contributed by atoms with Crippen LogP contribution >= 0.6 is 11.3 Å². The van der Waals surface area contributed by atoms with Gasteiger partial charge in [0.25, 0.3) is 5.91 Å². The van der Waals surface area contributed by atoms with Gasteiger partial charge in [-0.25, -0.2) is 0 Å². The number of thiophene rings is 1. The fourth-order valence-corrected chi connectivity index (χ4v) is 3.21. The molecule has 0 aliphatic carbocycles. The van der Waals surface area contributed by atoms with Crippen LogP contribution in [-0.2, 0) is 10.2 Å². The molecule has 0 bridgehead atoms. The Morgan fingerprint density at radius 1 is 1.30 bits per heavy atom. The molecule has 0 aliphatic heterocycles. The summed E-state index contributed by atoms with van der Waals surface area (Å²) in [5.74, 6) is 0.372. The van der Waals surface area contributed by atoms with Crippen LogP contribution in [0.5, 0.6) is 5.75 Å². The number of amides is 1. The predicted molar refractivity (Wildman–Crippen MR) is 93.0 cm³/mol. The second kappa shape index (κ2) is 6.84. The summed E-state index contributed by atoms with van der Waals surface area (Å²) in [4.78, 5) is 12.0. The van der Waals surface area contributed by atoms with Crippen LogP contribution in [0.1, 0.15) is 37.5 Å². The van der Waals surface area contributed by atoms with E-state index in [1.165, 1.54) is 11.3 Å². The molecular formula is C18H20N2O2S. The van der Waals surface area contributed by atoms with E-state index in [0.717, 1.165) is 11.1 Å². The number of benzene rings is 1. The Hall–Kier alpha value is -2.32. The van der Waals surface area contributed by atoms with E-state index in [1.54, 1.807) is 0 Å². The fraction of sp³-hybridized carbons (Fsp3) is 0.333. The monoisotopic (exact) mass is 328 g/mol. The highest BCUT2D eigenvalue weighted by Gasteiger charge is 2.23. The minimum absolute atomic E-state index is 0.0866. The van der Waals surface area contributed by atoms with Crippen molar-refractivity contribution in [2.45, 2.75) is 33.1 Å². The van der Waals surface area contributed by atoms with Crippen molar-refractivity contribution in [1.82, 2.24) is 0 Å². The third kappa shape index (κ3) is 4.33. The molecule has 0 atom stereocenters. The number of carbonyl (C=O) groups is 1. The molecule has 1 aromatic heterocycles. The van der Waals surface area contributed by atoms with Crippen molar-refractivity contribution in [2.75, 3.05) is 11.9 Å². The molecule has 23 heavy (non-hydrogen) atoms. The molecule has 120 valence electrons. The van der Waals surface area contributed by atoms with E-state index in [2.05, 4.69) is 11.4 Å². The zero-order valence-corrected chi connectivity index (χ0v) is 14.6. The first-order chi connectivity index (χ1) is 10.8. The third-order valence-corrected chi connectivity index (χ3v) is 4.25. The van der Waals surface area contributed by atoms with Crippen LogP contribution in [0, 0.1) is 18.3 Å². The lowest BCUT2D eigenvalue weighted by Gasteiger charge is -2.17.